The molecule has 0 fully saturated rings. The maximum Gasteiger partial charge on any atom is 0.164 e. The maximum absolute atomic E-state index is 13.6. The number of hydrogen-bond acceptors (Lipinski definition) is 3. The van der Waals surface area contributed by atoms with Crippen molar-refractivity contribution in [3.05, 3.63) is 35.1 Å². The van der Waals surface area contributed by atoms with Crippen LogP contribution in [0.2, 0.25) is 0 Å². The number of hydrogen-bond donors (Lipinski definition) is 1. The number of rotatable bonds is 5. The smallest absolute Gasteiger partial charge is 0.164 e. The average molecular weight is 224 g/mol. The molecule has 0 heterocycles. The van der Waals surface area contributed by atoms with Crippen molar-refractivity contribution in [1.29, 1.82) is 0 Å². The molecule has 88 valence electrons. The van der Waals surface area contributed by atoms with E-state index in [1.807, 2.05) is 19.0 Å². The van der Waals surface area contributed by atoms with Crippen molar-refractivity contribution in [2.24, 2.45) is 5.73 Å². The minimum Gasteiger partial charge on any atom is -0.330 e. The summed E-state index contributed by atoms with van der Waals surface area (Å²) >= 11 is 0. The van der Waals surface area contributed by atoms with Crippen LogP contribution in [-0.4, -0.2) is 31.3 Å². The lowest BCUT2D eigenvalue weighted by atomic mass is 10.1. The van der Waals surface area contributed by atoms with Crippen molar-refractivity contribution >= 4 is 5.78 Å². The molecule has 0 bridgehead atoms. The van der Waals surface area contributed by atoms with Gasteiger partial charge in [-0.15, -0.1) is 0 Å². The molecule has 1 aromatic rings. The first kappa shape index (κ1) is 12.8. The van der Waals surface area contributed by atoms with Crippen molar-refractivity contribution in [2.45, 2.75) is 13.0 Å². The maximum atomic E-state index is 13.6. The summed E-state index contributed by atoms with van der Waals surface area (Å²) in [6, 6.07) is 4.59. The van der Waals surface area contributed by atoms with Gasteiger partial charge in [-0.2, -0.15) is 0 Å². The third-order valence-corrected chi connectivity index (χ3v) is 2.23. The summed E-state index contributed by atoms with van der Waals surface area (Å²) in [7, 11) is 3.74. The molecule has 0 saturated heterocycles. The molecular weight excluding hydrogens is 207 g/mol. The molecule has 4 heteroatoms. The number of ketones is 1. The Kier molecular flexibility index (Phi) is 4.58. The van der Waals surface area contributed by atoms with Gasteiger partial charge in [-0.05, 0) is 26.7 Å². The van der Waals surface area contributed by atoms with Gasteiger partial charge in [0.15, 0.2) is 5.78 Å². The van der Waals surface area contributed by atoms with E-state index in [9.17, 15) is 9.18 Å². The van der Waals surface area contributed by atoms with Crippen LogP contribution in [-0.2, 0) is 6.54 Å². The quantitative estimate of drug-likeness (QED) is 0.769. The van der Waals surface area contributed by atoms with Crippen LogP contribution in [0.3, 0.4) is 0 Å². The Balaban J connectivity index is 2.86. The van der Waals surface area contributed by atoms with E-state index in [-0.39, 0.29) is 18.0 Å². The van der Waals surface area contributed by atoms with Gasteiger partial charge in [0.05, 0.1) is 0 Å². The highest BCUT2D eigenvalue weighted by Crippen LogP contribution is 2.13. The lowest BCUT2D eigenvalue weighted by Gasteiger charge is -2.11. The molecule has 0 aliphatic carbocycles. The van der Waals surface area contributed by atoms with Crippen molar-refractivity contribution in [2.75, 3.05) is 20.6 Å². The Labute approximate surface area is 95.0 Å². The SMILES string of the molecule is CN(C)Cc1ccc(C(=O)CCN)cc1F. The highest BCUT2D eigenvalue weighted by atomic mass is 19.1. The van der Waals surface area contributed by atoms with Crippen molar-refractivity contribution in [3.63, 3.8) is 0 Å². The van der Waals surface area contributed by atoms with Crippen LogP contribution in [0.15, 0.2) is 18.2 Å². The second-order valence-corrected chi connectivity index (χ2v) is 4.01. The predicted octanol–water partition coefficient (Wildman–Crippen LogP) is 1.42. The second-order valence-electron chi connectivity index (χ2n) is 4.01. The Bertz CT molecular complexity index is 377. The summed E-state index contributed by atoms with van der Waals surface area (Å²) in [5, 5.41) is 0. The predicted molar refractivity (Wildman–Crippen MR) is 61.8 cm³/mol. The number of carbonyl (C=O) groups is 1. The van der Waals surface area contributed by atoms with Gasteiger partial charge in [-0.1, -0.05) is 12.1 Å². The largest absolute Gasteiger partial charge is 0.330 e. The van der Waals surface area contributed by atoms with Gasteiger partial charge in [-0.3, -0.25) is 4.79 Å². The van der Waals surface area contributed by atoms with E-state index in [4.69, 9.17) is 5.73 Å². The first-order valence-corrected chi connectivity index (χ1v) is 5.21. The van der Waals surface area contributed by atoms with E-state index in [0.717, 1.165) is 0 Å². The fourth-order valence-corrected chi connectivity index (χ4v) is 1.47. The fraction of sp³-hybridized carbons (Fsp3) is 0.417. The van der Waals surface area contributed by atoms with E-state index >= 15 is 0 Å². The standard InChI is InChI=1S/C12H17FN2O/c1-15(2)8-10-4-3-9(7-11(10)13)12(16)5-6-14/h3-4,7H,5-6,8,14H2,1-2H3. The van der Waals surface area contributed by atoms with E-state index in [1.165, 1.54) is 6.07 Å². The van der Waals surface area contributed by atoms with Crippen LogP contribution in [0.5, 0.6) is 0 Å². The number of nitrogens with zero attached hydrogens (tertiary/aromatic N) is 1. The van der Waals surface area contributed by atoms with Crippen LogP contribution in [0.4, 0.5) is 4.39 Å². The van der Waals surface area contributed by atoms with Gasteiger partial charge in [0.25, 0.3) is 0 Å². The zero-order chi connectivity index (χ0) is 12.1. The molecule has 0 saturated carbocycles. The van der Waals surface area contributed by atoms with E-state index < -0.39 is 0 Å². The molecular formula is C12H17FN2O. The molecule has 0 amide bonds. The number of Topliss-reactive ketones (excluding diaryl/α,β-unsaturated/α-hetero) is 1. The third kappa shape index (κ3) is 3.40. The summed E-state index contributed by atoms with van der Waals surface area (Å²) in [5.41, 5.74) is 6.27. The van der Waals surface area contributed by atoms with E-state index in [2.05, 4.69) is 0 Å². The van der Waals surface area contributed by atoms with Gasteiger partial charge in [-0.25, -0.2) is 4.39 Å². The minimum atomic E-state index is -0.337. The van der Waals surface area contributed by atoms with Gasteiger partial charge in [0.1, 0.15) is 5.82 Å². The zero-order valence-electron chi connectivity index (χ0n) is 9.66. The molecule has 0 radical (unpaired) electrons. The van der Waals surface area contributed by atoms with Crippen LogP contribution in [0, 0.1) is 5.82 Å². The third-order valence-electron chi connectivity index (χ3n) is 2.23. The number of nitrogens with two attached hydrogens (primary N) is 1. The molecule has 0 aliphatic rings. The molecule has 0 unspecified atom stereocenters. The van der Waals surface area contributed by atoms with Crippen LogP contribution >= 0.6 is 0 Å². The summed E-state index contributed by atoms with van der Waals surface area (Å²) in [6.45, 7) is 0.817. The molecule has 0 aliphatic heterocycles. The summed E-state index contributed by atoms with van der Waals surface area (Å²) < 4.78 is 13.6. The first-order valence-electron chi connectivity index (χ1n) is 5.21. The minimum absolute atomic E-state index is 0.113. The second kappa shape index (κ2) is 5.72. The van der Waals surface area contributed by atoms with Crippen molar-refractivity contribution < 1.29 is 9.18 Å². The number of carbonyl (C=O) groups excluding carboxylic acids is 1. The lowest BCUT2D eigenvalue weighted by Crippen LogP contribution is -2.13. The summed E-state index contributed by atoms with van der Waals surface area (Å²) in [4.78, 5) is 13.3. The summed E-state index contributed by atoms with van der Waals surface area (Å²) in [5.74, 6) is -0.450. The fourth-order valence-electron chi connectivity index (χ4n) is 1.47. The van der Waals surface area contributed by atoms with Crippen LogP contribution < -0.4 is 5.73 Å². The number of benzene rings is 1. The Morgan fingerprint density at radius 1 is 1.44 bits per heavy atom. The lowest BCUT2D eigenvalue weighted by molar-refractivity contribution is 0.0985. The molecule has 16 heavy (non-hydrogen) atoms. The van der Waals surface area contributed by atoms with E-state index in [1.54, 1.807) is 12.1 Å². The molecule has 0 spiro atoms. The first-order chi connectivity index (χ1) is 7.54. The van der Waals surface area contributed by atoms with Crippen LogP contribution in [0.25, 0.3) is 0 Å². The highest BCUT2D eigenvalue weighted by Gasteiger charge is 2.09. The average Bonchev–Trinajstić information content (AvgIpc) is 2.20. The van der Waals surface area contributed by atoms with Crippen molar-refractivity contribution in [3.8, 4) is 0 Å². The molecule has 1 rings (SSSR count). The van der Waals surface area contributed by atoms with Gasteiger partial charge in [0.2, 0.25) is 0 Å². The molecule has 0 aromatic heterocycles. The van der Waals surface area contributed by atoms with Gasteiger partial charge < -0.3 is 10.6 Å². The normalized spacial score (nSPS) is 10.8. The molecule has 1 aromatic carbocycles. The monoisotopic (exact) mass is 224 g/mol. The molecule has 2 N–H and O–H groups in total. The Hall–Kier alpha value is -1.26. The molecule has 3 nitrogen and oxygen atoms in total. The highest BCUT2D eigenvalue weighted by molar-refractivity contribution is 5.96. The topological polar surface area (TPSA) is 46.3 Å². The van der Waals surface area contributed by atoms with Crippen molar-refractivity contribution in [1.82, 2.24) is 4.90 Å². The summed E-state index contributed by atoms with van der Waals surface area (Å²) in [6.07, 6.45) is 0.256. The molecule has 0 atom stereocenters. The van der Waals surface area contributed by atoms with Gasteiger partial charge in [0, 0.05) is 24.1 Å². The van der Waals surface area contributed by atoms with E-state index in [0.29, 0.717) is 24.2 Å². The number of halogens is 1. The Morgan fingerprint density at radius 3 is 2.62 bits per heavy atom. The van der Waals surface area contributed by atoms with Gasteiger partial charge >= 0.3 is 0 Å². The van der Waals surface area contributed by atoms with Crippen LogP contribution in [0.1, 0.15) is 22.3 Å². The Morgan fingerprint density at radius 2 is 2.12 bits per heavy atom. The zero-order valence-corrected chi connectivity index (χ0v) is 9.66.